The maximum Gasteiger partial charge on any atom is 0.216 e. The molecule has 0 bridgehead atoms. The van der Waals surface area contributed by atoms with Gasteiger partial charge >= 0.3 is 0 Å². The molecule has 1 aromatic heterocycles. The number of carbonyl (C=O) groups is 1. The quantitative estimate of drug-likeness (QED) is 0.407. The number of rotatable bonds is 7. The van der Waals surface area contributed by atoms with Crippen LogP contribution in [0.5, 0.6) is 5.88 Å². The first-order valence-corrected chi connectivity index (χ1v) is 6.21. The Bertz CT molecular complexity index is 452. The van der Waals surface area contributed by atoms with Crippen molar-refractivity contribution < 1.29 is 17.9 Å². The lowest BCUT2D eigenvalue weighted by Gasteiger charge is -2.07. The molecule has 1 rings (SSSR count). The topological polar surface area (TPSA) is 85.4 Å². The molecular weight excluding hydrogens is 244 g/mol. The molecule has 0 radical (unpaired) electrons. The van der Waals surface area contributed by atoms with Crippen LogP contribution in [0.4, 0.5) is 0 Å². The van der Waals surface area contributed by atoms with Gasteiger partial charge in [-0.25, -0.2) is 18.1 Å². The summed E-state index contributed by atoms with van der Waals surface area (Å²) >= 11 is 0. The Morgan fingerprint density at radius 2 is 2.29 bits per heavy atom. The number of hydrogen-bond acceptors (Lipinski definition) is 5. The van der Waals surface area contributed by atoms with Crippen LogP contribution in [-0.4, -0.2) is 33.3 Å². The van der Waals surface area contributed by atoms with Gasteiger partial charge in [-0.2, -0.15) is 0 Å². The molecule has 0 saturated heterocycles. The molecule has 1 aromatic rings. The van der Waals surface area contributed by atoms with Crippen LogP contribution >= 0.6 is 0 Å². The van der Waals surface area contributed by atoms with Gasteiger partial charge in [0.05, 0.1) is 7.11 Å². The Hall–Kier alpha value is -1.47. The molecule has 0 unspecified atom stereocenters. The minimum atomic E-state index is -2.55. The molecule has 0 aliphatic carbocycles. The van der Waals surface area contributed by atoms with Crippen molar-refractivity contribution in [2.24, 2.45) is 0 Å². The molecule has 0 atom stereocenters. The van der Waals surface area contributed by atoms with E-state index < -0.39 is 10.9 Å². The van der Waals surface area contributed by atoms with Gasteiger partial charge in [-0.1, -0.05) is 0 Å². The highest BCUT2D eigenvalue weighted by Gasteiger charge is 2.05. The number of methoxy groups -OCH3 is 1. The molecular formula is C10H14N2O4S. The van der Waals surface area contributed by atoms with E-state index in [4.69, 9.17) is 4.74 Å². The Balaban J connectivity index is 2.64. The largest absolute Gasteiger partial charge is 0.481 e. The second-order valence-electron chi connectivity index (χ2n) is 3.32. The van der Waals surface area contributed by atoms with E-state index in [1.54, 1.807) is 6.07 Å². The number of nitrogens with zero attached hydrogens (tertiary/aromatic N) is 1. The van der Waals surface area contributed by atoms with E-state index in [0.717, 1.165) is 5.56 Å². The highest BCUT2D eigenvalue weighted by molar-refractivity contribution is 7.70. The molecule has 0 amide bonds. The van der Waals surface area contributed by atoms with E-state index in [-0.39, 0.29) is 0 Å². The number of carbonyl (C=O) groups excluding carboxylic acids is 1. The number of hydrogen-bond donors (Lipinski definition) is 2. The molecule has 0 aliphatic heterocycles. The van der Waals surface area contributed by atoms with E-state index in [0.29, 0.717) is 37.1 Å². The molecule has 0 fully saturated rings. The summed E-state index contributed by atoms with van der Waals surface area (Å²) in [6.45, 7) is 0.354. The summed E-state index contributed by atoms with van der Waals surface area (Å²) in [6.07, 6.45) is 3.35. The minimum absolute atomic E-state index is 0.354. The lowest BCUT2D eigenvalue weighted by atomic mass is 10.1. The van der Waals surface area contributed by atoms with E-state index in [1.165, 1.54) is 13.3 Å². The summed E-state index contributed by atoms with van der Waals surface area (Å²) in [5, 5.41) is 0. The third kappa shape index (κ3) is 4.49. The van der Waals surface area contributed by atoms with Crippen molar-refractivity contribution in [3.63, 3.8) is 0 Å². The Morgan fingerprint density at radius 3 is 2.88 bits per heavy atom. The van der Waals surface area contributed by atoms with Crippen LogP contribution in [0.3, 0.4) is 0 Å². The van der Waals surface area contributed by atoms with Gasteiger partial charge in [-0.3, -0.25) is 4.79 Å². The van der Waals surface area contributed by atoms with Gasteiger partial charge in [0.25, 0.3) is 0 Å². The zero-order valence-corrected chi connectivity index (χ0v) is 10.3. The first-order valence-electron chi connectivity index (χ1n) is 5.03. The minimum Gasteiger partial charge on any atom is -0.481 e. The van der Waals surface area contributed by atoms with Crippen molar-refractivity contribution in [1.82, 2.24) is 9.71 Å². The molecule has 0 aliphatic rings. The highest BCUT2D eigenvalue weighted by atomic mass is 32.2. The molecule has 17 heavy (non-hydrogen) atoms. The van der Waals surface area contributed by atoms with E-state index in [1.807, 2.05) is 0 Å². The summed E-state index contributed by atoms with van der Waals surface area (Å²) in [4.78, 5) is 14.6. The number of thiol groups is 1. The number of ether oxygens (including phenoxy) is 1. The summed E-state index contributed by atoms with van der Waals surface area (Å²) in [7, 11) is -1.06. The van der Waals surface area contributed by atoms with Crippen LogP contribution < -0.4 is 9.46 Å². The molecule has 0 aromatic carbocycles. The van der Waals surface area contributed by atoms with Crippen molar-refractivity contribution in [2.75, 3.05) is 13.7 Å². The Labute approximate surface area is 101 Å². The maximum absolute atomic E-state index is 10.6. The second-order valence-corrected chi connectivity index (χ2v) is 4.15. The third-order valence-electron chi connectivity index (χ3n) is 2.14. The predicted octanol–water partition coefficient (Wildman–Crippen LogP) is -0.0487. The molecule has 7 heteroatoms. The van der Waals surface area contributed by atoms with E-state index >= 15 is 0 Å². The highest BCUT2D eigenvalue weighted by Crippen LogP contribution is 2.17. The van der Waals surface area contributed by atoms with Gasteiger partial charge in [0.1, 0.15) is 0 Å². The van der Waals surface area contributed by atoms with Gasteiger partial charge in [0.2, 0.25) is 16.8 Å². The standard InChI is InChI=1S/C10H14N2O4S/c1-16-10-9(3-2-4-12-17(14)15)5-8(7-13)6-11-10/h5-7,17H,2-4H2,1H3,(H,12,14,15). The summed E-state index contributed by atoms with van der Waals surface area (Å²) in [5.74, 6) is 0.460. The van der Waals surface area contributed by atoms with Crippen molar-refractivity contribution in [2.45, 2.75) is 12.8 Å². The van der Waals surface area contributed by atoms with Gasteiger partial charge < -0.3 is 4.74 Å². The summed E-state index contributed by atoms with van der Waals surface area (Å²) in [6, 6.07) is 1.69. The smallest absolute Gasteiger partial charge is 0.216 e. The van der Waals surface area contributed by atoms with Gasteiger partial charge in [-0.05, 0) is 18.9 Å². The molecule has 6 nitrogen and oxygen atoms in total. The SMILES string of the molecule is COc1ncc(C=O)cc1CCCN[SH](=O)=O. The van der Waals surface area contributed by atoms with Crippen molar-refractivity contribution in [3.8, 4) is 5.88 Å². The fourth-order valence-corrected chi connectivity index (χ4v) is 1.73. The molecule has 1 heterocycles. The van der Waals surface area contributed by atoms with Crippen LogP contribution in [0.1, 0.15) is 22.3 Å². The number of pyridine rings is 1. The zero-order valence-electron chi connectivity index (χ0n) is 9.38. The zero-order chi connectivity index (χ0) is 12.7. The van der Waals surface area contributed by atoms with Gasteiger partial charge in [0, 0.05) is 23.9 Å². The predicted molar refractivity (Wildman–Crippen MR) is 62.8 cm³/mol. The van der Waals surface area contributed by atoms with Gasteiger partial charge in [-0.15, -0.1) is 0 Å². The van der Waals surface area contributed by atoms with Crippen LogP contribution in [0.15, 0.2) is 12.3 Å². The van der Waals surface area contributed by atoms with Gasteiger partial charge in [0.15, 0.2) is 6.29 Å². The molecule has 1 N–H and O–H groups in total. The van der Waals surface area contributed by atoms with Crippen molar-refractivity contribution in [1.29, 1.82) is 0 Å². The van der Waals surface area contributed by atoms with Crippen LogP contribution in [-0.2, 0) is 17.3 Å². The van der Waals surface area contributed by atoms with E-state index in [2.05, 4.69) is 9.71 Å². The Kier molecular flexibility index (Phi) is 5.58. The number of aromatic nitrogens is 1. The van der Waals surface area contributed by atoms with Crippen molar-refractivity contribution >= 4 is 17.2 Å². The molecule has 94 valence electrons. The fourth-order valence-electron chi connectivity index (χ4n) is 1.39. The monoisotopic (exact) mass is 258 g/mol. The fraction of sp³-hybridized carbons (Fsp3) is 0.400. The maximum atomic E-state index is 10.6. The number of aldehydes is 1. The first kappa shape index (κ1) is 13.6. The Morgan fingerprint density at radius 1 is 1.53 bits per heavy atom. The summed E-state index contributed by atoms with van der Waals surface area (Å²) < 4.78 is 27.9. The van der Waals surface area contributed by atoms with Crippen LogP contribution in [0, 0.1) is 0 Å². The summed E-state index contributed by atoms with van der Waals surface area (Å²) in [5.41, 5.74) is 1.27. The van der Waals surface area contributed by atoms with E-state index in [9.17, 15) is 13.2 Å². The van der Waals surface area contributed by atoms with Crippen LogP contribution in [0.2, 0.25) is 0 Å². The third-order valence-corrected chi connectivity index (χ3v) is 2.62. The number of aryl methyl sites for hydroxylation is 1. The average molecular weight is 258 g/mol. The molecule has 0 saturated carbocycles. The second kappa shape index (κ2) is 6.97. The number of nitrogens with one attached hydrogen (secondary N) is 1. The average Bonchev–Trinajstić information content (AvgIpc) is 2.34. The normalized spacial score (nSPS) is 10.5. The van der Waals surface area contributed by atoms with Crippen LogP contribution in [0.25, 0.3) is 0 Å². The lowest BCUT2D eigenvalue weighted by molar-refractivity contribution is 0.112. The van der Waals surface area contributed by atoms with Crippen molar-refractivity contribution in [3.05, 3.63) is 23.4 Å². The molecule has 0 spiro atoms. The lowest BCUT2D eigenvalue weighted by Crippen LogP contribution is -2.13. The first-order chi connectivity index (χ1) is 8.17.